The molecule has 0 saturated carbocycles. The average Bonchev–Trinajstić information content (AvgIpc) is 4.07. The lowest BCUT2D eigenvalue weighted by Gasteiger charge is -2.48. The number of aryl methyl sites for hydroxylation is 3. The van der Waals surface area contributed by atoms with Crippen molar-refractivity contribution in [3.8, 4) is 0 Å². The molecule has 4 aliphatic rings. The Morgan fingerprint density at radius 3 is 1.38 bits per heavy atom. The zero-order chi connectivity index (χ0) is 46.7. The molecule has 6 unspecified atom stereocenters. The van der Waals surface area contributed by atoms with E-state index in [4.69, 9.17) is 37.9 Å². The van der Waals surface area contributed by atoms with Gasteiger partial charge in [0, 0.05) is 6.20 Å². The fourth-order valence-electron chi connectivity index (χ4n) is 7.62. The van der Waals surface area contributed by atoms with E-state index in [0.29, 0.717) is 18.8 Å². The maximum atomic E-state index is 11.1. The zero-order valence-corrected chi connectivity index (χ0v) is 34.5. The summed E-state index contributed by atoms with van der Waals surface area (Å²) in [6, 6.07) is 0. The molecule has 0 spiro atoms. The minimum atomic E-state index is -2.00. The summed E-state index contributed by atoms with van der Waals surface area (Å²) >= 11 is 0. The van der Waals surface area contributed by atoms with Crippen LogP contribution in [-0.2, 0) is 70.7 Å². The molecule has 0 bridgehead atoms. The van der Waals surface area contributed by atoms with Crippen LogP contribution in [0.5, 0.6) is 0 Å². The van der Waals surface area contributed by atoms with Gasteiger partial charge in [0.25, 0.3) is 0 Å². The number of ether oxygens (including phenoxy) is 8. The van der Waals surface area contributed by atoms with Gasteiger partial charge in [0.2, 0.25) is 0 Å². The predicted octanol–water partition coefficient (Wildman–Crippen LogP) is -9.54. The predicted molar refractivity (Wildman–Crippen MR) is 200 cm³/mol. The molecule has 20 atom stereocenters. The largest absolute Gasteiger partial charge is 0.394 e. The summed E-state index contributed by atoms with van der Waals surface area (Å²) in [5.74, 6) is 0. The van der Waals surface area contributed by atoms with Crippen LogP contribution in [0.3, 0.4) is 0 Å². The average molecular weight is 938 g/mol. The molecule has 65 heavy (non-hydrogen) atoms. The van der Waals surface area contributed by atoms with Crippen LogP contribution in [0.25, 0.3) is 0 Å². The van der Waals surface area contributed by atoms with Gasteiger partial charge in [0.15, 0.2) is 25.2 Å². The van der Waals surface area contributed by atoms with E-state index in [2.05, 4.69) is 30.9 Å². The van der Waals surface area contributed by atoms with E-state index >= 15 is 0 Å². The van der Waals surface area contributed by atoms with Gasteiger partial charge < -0.3 is 104 Å². The van der Waals surface area contributed by atoms with Gasteiger partial charge in [-0.25, -0.2) is 4.68 Å². The van der Waals surface area contributed by atoms with E-state index in [-0.39, 0.29) is 25.5 Å². The van der Waals surface area contributed by atoms with E-state index in [1.54, 1.807) is 21.8 Å². The van der Waals surface area contributed by atoms with E-state index < -0.39 is 143 Å². The lowest BCUT2D eigenvalue weighted by Crippen LogP contribution is -2.66. The van der Waals surface area contributed by atoms with Gasteiger partial charge in [-0.3, -0.25) is 9.36 Å². The van der Waals surface area contributed by atoms with Crippen molar-refractivity contribution in [2.24, 2.45) is 0 Å². The Morgan fingerprint density at radius 1 is 0.462 bits per heavy atom. The highest BCUT2D eigenvalue weighted by molar-refractivity contribution is 4.98. The Bertz CT molecular complexity index is 1930. The number of aromatic nitrogens is 9. The van der Waals surface area contributed by atoms with Crippen LogP contribution in [0.2, 0.25) is 0 Å². The zero-order valence-electron chi connectivity index (χ0n) is 34.5. The van der Waals surface area contributed by atoms with Crippen molar-refractivity contribution >= 4 is 0 Å². The molecular formula is C35H55N9O21. The van der Waals surface area contributed by atoms with Crippen molar-refractivity contribution in [2.45, 2.75) is 163 Å². The fourth-order valence-corrected chi connectivity index (χ4v) is 7.62. The summed E-state index contributed by atoms with van der Waals surface area (Å²) in [5, 5.41) is 160. The first-order valence-corrected chi connectivity index (χ1v) is 20.5. The summed E-state index contributed by atoms with van der Waals surface area (Å²) in [5.41, 5.74) is 1.32. The molecular weight excluding hydrogens is 882 g/mol. The molecule has 13 N–H and O–H groups in total. The molecule has 0 aliphatic carbocycles. The van der Waals surface area contributed by atoms with Gasteiger partial charge in [-0.15, -0.1) is 15.3 Å². The van der Waals surface area contributed by atoms with Gasteiger partial charge >= 0.3 is 0 Å². The van der Waals surface area contributed by atoms with Crippen LogP contribution in [0.1, 0.15) is 17.1 Å². The second-order valence-corrected chi connectivity index (χ2v) is 16.0. The van der Waals surface area contributed by atoms with Crippen molar-refractivity contribution in [1.29, 1.82) is 0 Å². The van der Waals surface area contributed by atoms with Crippen molar-refractivity contribution in [2.75, 3.05) is 19.8 Å². The highest BCUT2D eigenvalue weighted by Gasteiger charge is 2.54. The minimum absolute atomic E-state index is 0.151. The third-order valence-electron chi connectivity index (χ3n) is 11.3. The maximum Gasteiger partial charge on any atom is 0.187 e. The Kier molecular flexibility index (Phi) is 16.5. The summed E-state index contributed by atoms with van der Waals surface area (Å²) < 4.78 is 49.4. The molecule has 7 rings (SSSR count). The Morgan fingerprint density at radius 2 is 0.862 bits per heavy atom. The molecule has 0 radical (unpaired) electrons. The van der Waals surface area contributed by atoms with E-state index in [1.165, 1.54) is 10.9 Å². The van der Waals surface area contributed by atoms with Crippen LogP contribution >= 0.6 is 0 Å². The number of aliphatic hydroxyl groups excluding tert-OH is 13. The number of rotatable bonds is 18. The Hall–Kier alpha value is -3.42. The van der Waals surface area contributed by atoms with Gasteiger partial charge in [-0.05, 0) is 6.92 Å². The molecule has 0 amide bonds. The van der Waals surface area contributed by atoms with Crippen LogP contribution in [0.4, 0.5) is 0 Å². The smallest absolute Gasteiger partial charge is 0.187 e. The summed E-state index contributed by atoms with van der Waals surface area (Å²) in [4.78, 5) is 0. The van der Waals surface area contributed by atoms with Crippen molar-refractivity contribution in [3.63, 3.8) is 0 Å². The van der Waals surface area contributed by atoms with Gasteiger partial charge in [0.1, 0.15) is 109 Å². The lowest BCUT2D eigenvalue weighted by molar-refractivity contribution is -0.379. The number of hydrogen-bond donors (Lipinski definition) is 13. The molecule has 7 heterocycles. The summed E-state index contributed by atoms with van der Waals surface area (Å²) in [7, 11) is 0. The van der Waals surface area contributed by atoms with Crippen molar-refractivity contribution in [1.82, 2.24) is 45.0 Å². The van der Waals surface area contributed by atoms with Crippen molar-refractivity contribution < 1.29 is 104 Å². The van der Waals surface area contributed by atoms with Crippen LogP contribution in [0.15, 0.2) is 18.6 Å². The first kappa shape index (κ1) is 49.5. The third-order valence-corrected chi connectivity index (χ3v) is 11.3. The van der Waals surface area contributed by atoms with Crippen LogP contribution in [-0.4, -0.2) is 254 Å². The molecule has 30 heteroatoms. The van der Waals surface area contributed by atoms with Gasteiger partial charge in [0.05, 0.1) is 70.8 Å². The third kappa shape index (κ3) is 11.1. The maximum absolute atomic E-state index is 11.1. The molecule has 366 valence electrons. The molecule has 3 aromatic heterocycles. The van der Waals surface area contributed by atoms with E-state index in [1.807, 2.05) is 6.92 Å². The van der Waals surface area contributed by atoms with Gasteiger partial charge in [-0.2, -0.15) is 0 Å². The van der Waals surface area contributed by atoms with Gasteiger partial charge in [-0.1, -0.05) is 15.6 Å². The fraction of sp³-hybridized carbons (Fsp3) is 0.829. The second kappa shape index (κ2) is 21.7. The highest BCUT2D eigenvalue weighted by Crippen LogP contribution is 2.33. The monoisotopic (exact) mass is 937 g/mol. The second-order valence-electron chi connectivity index (χ2n) is 16.0. The first-order valence-electron chi connectivity index (χ1n) is 20.5. The van der Waals surface area contributed by atoms with Crippen molar-refractivity contribution in [3.05, 3.63) is 35.7 Å². The van der Waals surface area contributed by atoms with E-state index in [0.717, 1.165) is 5.69 Å². The standard InChI is InChI=1S/C35H55N9O21/c1-13-4-42(39-36-13)2-3-43-5-14(37-40-43)11-58-32-26(54)22(50)20(48)16(60-32)7-44-6-15(38-41-44)12-59-33-28(56)24(52)30(18(9-46)62-33)65-35-29(57)25(53)31(19(10-47)63-35)64-34-27(55)23(51)21(49)17(8-45)61-34/h4-6,16-35,45-57H,2-3,7-12H2,1H3/t16-,17?,18?,19?,20+,21-,22+,23+,24-,25-,26+,27?,28?,29?,30-,31-,32-,33-,34-,35-/m1/s1. The lowest BCUT2D eigenvalue weighted by atomic mass is 9.96. The van der Waals surface area contributed by atoms with Crippen LogP contribution in [0, 0.1) is 6.92 Å². The number of aliphatic hydroxyl groups is 13. The summed E-state index contributed by atoms with van der Waals surface area (Å²) in [6.45, 7) is -0.479. The molecule has 4 fully saturated rings. The first-order chi connectivity index (χ1) is 31.1. The topological polar surface area (TPSA) is 429 Å². The summed E-state index contributed by atoms with van der Waals surface area (Å²) in [6.07, 6.45) is -28.6. The molecule has 30 nitrogen and oxygen atoms in total. The van der Waals surface area contributed by atoms with Crippen LogP contribution < -0.4 is 0 Å². The van der Waals surface area contributed by atoms with E-state index in [9.17, 15) is 66.4 Å². The number of nitrogens with zero attached hydrogens (tertiary/aromatic N) is 9. The minimum Gasteiger partial charge on any atom is -0.394 e. The highest BCUT2D eigenvalue weighted by atomic mass is 16.8. The molecule has 3 aromatic rings. The Labute approximate surface area is 367 Å². The number of hydrogen-bond acceptors (Lipinski definition) is 27. The normalized spacial score (nSPS) is 40.3. The Balaban J connectivity index is 0.893. The SMILES string of the molecule is Cc1cn(CCn2cc(CO[C@@H]3O[C@H](Cn4cc(CO[C@@H]5OC(CO)[C@@H](O[C@H]6OC(CO)[C@@H](O[C@H]7OC(CO)[C@@H](O)[C@H](O)C7O)[C@H](O)C6O)[C@H](O)C5O)nn4)[C@H](O)[C@H](O)[C@@H]3O)nn2)nn1. The molecule has 4 aliphatic heterocycles. The quantitative estimate of drug-likeness (QED) is 0.0563. The molecule has 0 aromatic carbocycles. The molecule has 4 saturated heterocycles.